The van der Waals surface area contributed by atoms with Crippen molar-refractivity contribution in [2.75, 3.05) is 6.61 Å². The van der Waals surface area contributed by atoms with Gasteiger partial charge in [0, 0.05) is 31.4 Å². The van der Waals surface area contributed by atoms with Gasteiger partial charge >= 0.3 is 0 Å². The summed E-state index contributed by atoms with van der Waals surface area (Å²) in [4.78, 5) is 29.7. The van der Waals surface area contributed by atoms with Crippen LogP contribution in [0.25, 0.3) is 0 Å². The maximum Gasteiger partial charge on any atom is 0.168 e. The predicted octanol–water partition coefficient (Wildman–Crippen LogP) is 3.54. The summed E-state index contributed by atoms with van der Waals surface area (Å²) in [5, 5.41) is 24.0. The minimum absolute atomic E-state index is 0.0311. The molecular weight excluding hydrogens is 372 g/mol. The van der Waals surface area contributed by atoms with Crippen LogP contribution in [0.3, 0.4) is 0 Å². The zero-order chi connectivity index (χ0) is 21.2. The Kier molecular flexibility index (Phi) is 6.36. The van der Waals surface area contributed by atoms with E-state index in [0.717, 1.165) is 0 Å². The molecule has 0 radical (unpaired) electrons. The molecule has 0 spiro atoms. The van der Waals surface area contributed by atoms with E-state index in [0.29, 0.717) is 74.1 Å². The van der Waals surface area contributed by atoms with E-state index < -0.39 is 0 Å². The second kappa shape index (κ2) is 8.61. The van der Waals surface area contributed by atoms with Gasteiger partial charge in [-0.15, -0.1) is 0 Å². The maximum atomic E-state index is 12.6. The molecule has 2 N–H and O–H groups in total. The molecule has 0 bridgehead atoms. The molecule has 1 atom stereocenters. The first kappa shape index (κ1) is 21.4. The van der Waals surface area contributed by atoms with Crippen molar-refractivity contribution in [1.82, 2.24) is 5.16 Å². The van der Waals surface area contributed by atoms with E-state index in [1.807, 2.05) is 20.8 Å². The molecule has 0 aliphatic heterocycles. The van der Waals surface area contributed by atoms with Gasteiger partial charge in [0.1, 0.15) is 11.5 Å². The number of aliphatic hydroxyl groups is 2. The number of carbonyl (C=O) groups excluding carboxylic acids is 2. The molecular formula is C22H30N2O5. The Labute approximate surface area is 170 Å². The number of allylic oxidation sites excluding steroid dienone is 2. The second-order valence-electron chi connectivity index (χ2n) is 8.79. The zero-order valence-electron chi connectivity index (χ0n) is 17.5. The van der Waals surface area contributed by atoms with Crippen molar-refractivity contribution in [2.45, 2.75) is 78.2 Å². The van der Waals surface area contributed by atoms with Crippen LogP contribution in [0.1, 0.15) is 81.1 Å². The van der Waals surface area contributed by atoms with Crippen LogP contribution < -0.4 is 0 Å². The maximum absolute atomic E-state index is 12.6. The van der Waals surface area contributed by atoms with Crippen molar-refractivity contribution >= 4 is 17.3 Å². The average molecular weight is 402 g/mol. The lowest BCUT2D eigenvalue weighted by Gasteiger charge is -2.26. The van der Waals surface area contributed by atoms with Crippen molar-refractivity contribution in [1.29, 1.82) is 0 Å². The topological polar surface area (TPSA) is 113 Å². The van der Waals surface area contributed by atoms with Crippen molar-refractivity contribution in [3.8, 4) is 0 Å². The highest BCUT2D eigenvalue weighted by atomic mass is 16.5. The number of aromatic nitrogens is 1. The van der Waals surface area contributed by atoms with Crippen molar-refractivity contribution in [3.63, 3.8) is 0 Å². The van der Waals surface area contributed by atoms with Crippen LogP contribution >= 0.6 is 0 Å². The first-order chi connectivity index (χ1) is 13.8. The summed E-state index contributed by atoms with van der Waals surface area (Å²) in [6.07, 6.45) is 3.91. The van der Waals surface area contributed by atoms with Gasteiger partial charge in [0.2, 0.25) is 0 Å². The lowest BCUT2D eigenvalue weighted by molar-refractivity contribution is -0.115. The number of Topliss-reactive ketones (excluding diaryl/α,β-unsaturated/α-hetero) is 2. The fourth-order valence-corrected chi connectivity index (χ4v) is 4.12. The molecule has 1 aromatic rings. The SMILES string of the molecule is CCC(CO)N=C(CCc1noc2c1C(=O)CC(C)(C)C2)C1=C(O)CCCC1=O. The van der Waals surface area contributed by atoms with Gasteiger partial charge in [-0.25, -0.2) is 0 Å². The predicted molar refractivity (Wildman–Crippen MR) is 108 cm³/mol. The van der Waals surface area contributed by atoms with Crippen LogP contribution in [0, 0.1) is 5.41 Å². The molecule has 0 saturated heterocycles. The van der Waals surface area contributed by atoms with Gasteiger partial charge in [0.15, 0.2) is 11.6 Å². The molecule has 1 unspecified atom stereocenters. The number of hydrogen-bond acceptors (Lipinski definition) is 7. The van der Waals surface area contributed by atoms with E-state index in [1.165, 1.54) is 0 Å². The minimum Gasteiger partial charge on any atom is -0.511 e. The number of aryl methyl sites for hydroxylation is 1. The first-order valence-electron chi connectivity index (χ1n) is 10.4. The van der Waals surface area contributed by atoms with Gasteiger partial charge in [0.05, 0.1) is 29.5 Å². The Hall–Kier alpha value is -2.28. The monoisotopic (exact) mass is 402 g/mol. The minimum atomic E-state index is -0.339. The zero-order valence-corrected chi connectivity index (χ0v) is 17.5. The third-order valence-corrected chi connectivity index (χ3v) is 5.68. The lowest BCUT2D eigenvalue weighted by atomic mass is 9.76. The number of hydrogen-bond donors (Lipinski definition) is 2. The number of aliphatic hydroxyl groups excluding tert-OH is 2. The number of rotatable bonds is 7. The summed E-state index contributed by atoms with van der Waals surface area (Å²) in [7, 11) is 0. The highest BCUT2D eigenvalue weighted by molar-refractivity contribution is 6.23. The van der Waals surface area contributed by atoms with Crippen LogP contribution in [0.2, 0.25) is 0 Å². The third kappa shape index (κ3) is 4.66. The Balaban J connectivity index is 1.88. The Morgan fingerprint density at radius 1 is 1.24 bits per heavy atom. The standard InChI is InChI=1S/C22H30N2O5/c1-4-13(12-25)23-14(20-16(26)6-5-7-17(20)27)8-9-15-21-18(28)10-22(2,3)11-19(21)29-24-15/h13,25-26H,4-12H2,1-3H3. The van der Waals surface area contributed by atoms with Gasteiger partial charge in [-0.05, 0) is 31.1 Å². The van der Waals surface area contributed by atoms with Crippen LogP contribution in [-0.4, -0.2) is 45.3 Å². The van der Waals surface area contributed by atoms with E-state index in [4.69, 9.17) is 4.52 Å². The van der Waals surface area contributed by atoms with E-state index in [-0.39, 0.29) is 41.0 Å². The molecule has 0 amide bonds. The number of ketones is 2. The molecule has 2 aliphatic rings. The van der Waals surface area contributed by atoms with Crippen molar-refractivity contribution in [2.24, 2.45) is 10.4 Å². The molecule has 0 saturated carbocycles. The molecule has 0 aromatic carbocycles. The van der Waals surface area contributed by atoms with Crippen molar-refractivity contribution < 1.29 is 24.3 Å². The molecule has 2 aliphatic carbocycles. The summed E-state index contributed by atoms with van der Waals surface area (Å²) in [6, 6.07) is -0.339. The smallest absolute Gasteiger partial charge is 0.168 e. The van der Waals surface area contributed by atoms with Gasteiger partial charge in [0.25, 0.3) is 0 Å². The van der Waals surface area contributed by atoms with Gasteiger partial charge in [-0.2, -0.15) is 0 Å². The fraction of sp³-hybridized carbons (Fsp3) is 0.636. The molecule has 29 heavy (non-hydrogen) atoms. The Morgan fingerprint density at radius 2 is 2.00 bits per heavy atom. The Bertz CT molecular complexity index is 859. The molecule has 1 aromatic heterocycles. The molecule has 1 heterocycles. The lowest BCUT2D eigenvalue weighted by Crippen LogP contribution is -2.27. The van der Waals surface area contributed by atoms with Crippen molar-refractivity contribution in [3.05, 3.63) is 28.3 Å². The fourth-order valence-electron chi connectivity index (χ4n) is 4.12. The molecule has 0 fully saturated rings. The number of nitrogens with zero attached hydrogens (tertiary/aromatic N) is 2. The largest absolute Gasteiger partial charge is 0.511 e. The molecule has 7 heteroatoms. The van der Waals surface area contributed by atoms with Crippen LogP contribution in [0.5, 0.6) is 0 Å². The summed E-state index contributed by atoms with van der Waals surface area (Å²) in [6.45, 7) is 5.84. The van der Waals surface area contributed by atoms with E-state index in [1.54, 1.807) is 0 Å². The summed E-state index contributed by atoms with van der Waals surface area (Å²) in [5.74, 6) is 0.592. The quantitative estimate of drug-likeness (QED) is 0.675. The van der Waals surface area contributed by atoms with Crippen LogP contribution in [0.15, 0.2) is 20.8 Å². The molecule has 3 rings (SSSR count). The number of carbonyl (C=O) groups is 2. The summed E-state index contributed by atoms with van der Waals surface area (Å²) < 4.78 is 5.46. The van der Waals surface area contributed by atoms with E-state index in [2.05, 4.69) is 10.1 Å². The summed E-state index contributed by atoms with van der Waals surface area (Å²) in [5.41, 5.74) is 1.75. The van der Waals surface area contributed by atoms with Crippen LogP contribution in [-0.2, 0) is 17.6 Å². The van der Waals surface area contributed by atoms with Crippen LogP contribution in [0.4, 0.5) is 0 Å². The van der Waals surface area contributed by atoms with E-state index in [9.17, 15) is 19.8 Å². The number of aliphatic imine (C=N–C) groups is 1. The highest BCUT2D eigenvalue weighted by Gasteiger charge is 2.36. The molecule has 7 nitrogen and oxygen atoms in total. The normalized spacial score (nSPS) is 20.8. The van der Waals surface area contributed by atoms with Gasteiger partial charge < -0.3 is 14.7 Å². The Morgan fingerprint density at radius 3 is 2.66 bits per heavy atom. The average Bonchev–Trinajstić information content (AvgIpc) is 3.05. The third-order valence-electron chi connectivity index (χ3n) is 5.68. The van der Waals surface area contributed by atoms with E-state index >= 15 is 0 Å². The summed E-state index contributed by atoms with van der Waals surface area (Å²) >= 11 is 0. The first-order valence-corrected chi connectivity index (χ1v) is 10.4. The molecule has 158 valence electrons. The number of fused-ring (bicyclic) bond motifs is 1. The highest BCUT2D eigenvalue weighted by Crippen LogP contribution is 2.36. The van der Waals surface area contributed by atoms with Gasteiger partial charge in [-0.1, -0.05) is 25.9 Å². The second-order valence-corrected chi connectivity index (χ2v) is 8.79. The van der Waals surface area contributed by atoms with Gasteiger partial charge in [-0.3, -0.25) is 14.6 Å².